The number of nitrogens with one attached hydrogen (secondary N) is 1. The van der Waals surface area contributed by atoms with E-state index < -0.39 is 0 Å². The Morgan fingerprint density at radius 2 is 2.14 bits per heavy atom. The van der Waals surface area contributed by atoms with Gasteiger partial charge < -0.3 is 14.6 Å². The van der Waals surface area contributed by atoms with Crippen LogP contribution in [0, 0.1) is 11.7 Å². The molecular weight excluding hydrogens is 283 g/mol. The molecule has 0 radical (unpaired) electrons. The van der Waals surface area contributed by atoms with Crippen LogP contribution in [0.1, 0.15) is 23.3 Å². The van der Waals surface area contributed by atoms with Crippen molar-refractivity contribution in [1.82, 2.24) is 9.88 Å². The van der Waals surface area contributed by atoms with Crippen molar-refractivity contribution in [3.05, 3.63) is 54.1 Å². The molecule has 0 spiro atoms. The predicted octanol–water partition coefficient (Wildman–Crippen LogP) is 3.09. The summed E-state index contributed by atoms with van der Waals surface area (Å²) < 4.78 is 18.6. The number of rotatable bonds is 4. The van der Waals surface area contributed by atoms with Crippen molar-refractivity contribution in [3.8, 4) is 5.75 Å². The number of carbonyl (C=O) groups excluding carboxylic acids is 1. The fourth-order valence-corrected chi connectivity index (χ4v) is 2.76. The Bertz CT molecular complexity index is 610. The van der Waals surface area contributed by atoms with Crippen LogP contribution >= 0.6 is 0 Å². The zero-order valence-electron chi connectivity index (χ0n) is 12.3. The molecule has 0 unspecified atom stereocenters. The van der Waals surface area contributed by atoms with E-state index >= 15 is 0 Å². The van der Waals surface area contributed by atoms with Crippen molar-refractivity contribution in [2.75, 3.05) is 19.7 Å². The van der Waals surface area contributed by atoms with Crippen LogP contribution < -0.4 is 4.74 Å². The highest BCUT2D eigenvalue weighted by Crippen LogP contribution is 2.20. The summed E-state index contributed by atoms with van der Waals surface area (Å²) in [6.07, 6.45) is 3.77. The molecule has 3 rings (SSSR count). The van der Waals surface area contributed by atoms with Crippen LogP contribution in [0.25, 0.3) is 0 Å². The Morgan fingerprint density at radius 3 is 2.86 bits per heavy atom. The maximum Gasteiger partial charge on any atom is 0.270 e. The van der Waals surface area contributed by atoms with E-state index in [1.165, 1.54) is 12.1 Å². The number of ether oxygens (including phenoxy) is 1. The van der Waals surface area contributed by atoms with Gasteiger partial charge in [-0.2, -0.15) is 0 Å². The van der Waals surface area contributed by atoms with Crippen molar-refractivity contribution in [2.45, 2.75) is 12.8 Å². The average Bonchev–Trinajstić information content (AvgIpc) is 3.08. The zero-order chi connectivity index (χ0) is 15.4. The maximum absolute atomic E-state index is 12.9. The molecule has 1 aliphatic rings. The van der Waals surface area contributed by atoms with Crippen LogP contribution in [0.4, 0.5) is 4.39 Å². The van der Waals surface area contributed by atoms with Gasteiger partial charge in [-0.05, 0) is 49.2 Å². The lowest BCUT2D eigenvalue weighted by Gasteiger charge is -2.32. The number of nitrogens with zero attached hydrogens (tertiary/aromatic N) is 1. The number of amides is 1. The van der Waals surface area contributed by atoms with Crippen LogP contribution in [-0.4, -0.2) is 35.5 Å². The van der Waals surface area contributed by atoms with Gasteiger partial charge in [0.2, 0.25) is 0 Å². The first-order valence-corrected chi connectivity index (χ1v) is 7.53. The van der Waals surface area contributed by atoms with Gasteiger partial charge in [0.1, 0.15) is 17.3 Å². The van der Waals surface area contributed by atoms with Gasteiger partial charge >= 0.3 is 0 Å². The second kappa shape index (κ2) is 6.64. The molecule has 2 heterocycles. The summed E-state index contributed by atoms with van der Waals surface area (Å²) in [6.45, 7) is 2.02. The topological polar surface area (TPSA) is 45.3 Å². The molecule has 1 fully saturated rings. The summed E-state index contributed by atoms with van der Waals surface area (Å²) in [5.74, 6) is 0.733. The van der Waals surface area contributed by atoms with E-state index in [4.69, 9.17) is 4.74 Å². The summed E-state index contributed by atoms with van der Waals surface area (Å²) >= 11 is 0. The molecule has 0 bridgehead atoms. The van der Waals surface area contributed by atoms with Gasteiger partial charge in [-0.25, -0.2) is 4.39 Å². The van der Waals surface area contributed by atoms with Crippen molar-refractivity contribution in [1.29, 1.82) is 0 Å². The number of aromatic nitrogens is 1. The third kappa shape index (κ3) is 3.47. The molecule has 1 atom stereocenters. The number of piperidine rings is 1. The minimum Gasteiger partial charge on any atom is -0.493 e. The fraction of sp³-hybridized carbons (Fsp3) is 0.353. The first-order valence-electron chi connectivity index (χ1n) is 7.53. The van der Waals surface area contributed by atoms with Crippen LogP contribution in [-0.2, 0) is 0 Å². The number of aromatic amines is 1. The SMILES string of the molecule is O=C(c1ccc[nH]1)N1CCC[C@@H](COc2ccc(F)cc2)C1. The van der Waals surface area contributed by atoms with E-state index in [0.29, 0.717) is 30.5 Å². The van der Waals surface area contributed by atoms with E-state index in [1.807, 2.05) is 11.0 Å². The molecule has 1 saturated heterocycles. The second-order valence-electron chi connectivity index (χ2n) is 5.61. The Kier molecular flexibility index (Phi) is 4.42. The highest BCUT2D eigenvalue weighted by molar-refractivity contribution is 5.92. The van der Waals surface area contributed by atoms with Crippen LogP contribution in [0.3, 0.4) is 0 Å². The van der Waals surface area contributed by atoms with Crippen LogP contribution in [0.5, 0.6) is 5.75 Å². The smallest absolute Gasteiger partial charge is 0.270 e. The minimum absolute atomic E-state index is 0.0384. The van der Waals surface area contributed by atoms with Crippen LogP contribution in [0.15, 0.2) is 42.6 Å². The Morgan fingerprint density at radius 1 is 1.32 bits per heavy atom. The van der Waals surface area contributed by atoms with Crippen molar-refractivity contribution in [3.63, 3.8) is 0 Å². The monoisotopic (exact) mass is 302 g/mol. The van der Waals surface area contributed by atoms with Gasteiger partial charge in [-0.1, -0.05) is 0 Å². The summed E-state index contributed by atoms with van der Waals surface area (Å²) in [5, 5.41) is 0. The molecule has 0 aliphatic carbocycles. The lowest BCUT2D eigenvalue weighted by molar-refractivity contribution is 0.0628. The normalized spacial score (nSPS) is 18.2. The second-order valence-corrected chi connectivity index (χ2v) is 5.61. The molecule has 2 aromatic rings. The molecule has 0 saturated carbocycles. The van der Waals surface area contributed by atoms with E-state index in [0.717, 1.165) is 19.4 Å². The molecule has 1 aromatic carbocycles. The Hall–Kier alpha value is -2.30. The van der Waals surface area contributed by atoms with Gasteiger partial charge in [-0.15, -0.1) is 0 Å². The number of halogens is 1. The summed E-state index contributed by atoms with van der Waals surface area (Å²) in [5.41, 5.74) is 0.625. The summed E-state index contributed by atoms with van der Waals surface area (Å²) in [4.78, 5) is 17.2. The van der Waals surface area contributed by atoms with Crippen LogP contribution in [0.2, 0.25) is 0 Å². The number of likely N-dealkylation sites (tertiary alicyclic amines) is 1. The fourth-order valence-electron chi connectivity index (χ4n) is 2.76. The van der Waals surface area contributed by atoms with E-state index in [9.17, 15) is 9.18 Å². The first-order chi connectivity index (χ1) is 10.7. The highest BCUT2D eigenvalue weighted by atomic mass is 19.1. The Labute approximate surface area is 128 Å². The standard InChI is InChI=1S/C17H19FN2O2/c18-14-5-7-15(8-6-14)22-12-13-3-2-10-20(11-13)17(21)16-4-1-9-19-16/h1,4-9,13,19H,2-3,10-12H2/t13-/m1/s1. The molecule has 1 aliphatic heterocycles. The van der Waals surface area contributed by atoms with E-state index in [-0.39, 0.29) is 11.7 Å². The highest BCUT2D eigenvalue weighted by Gasteiger charge is 2.25. The predicted molar refractivity (Wildman–Crippen MR) is 81.3 cm³/mol. The lowest BCUT2D eigenvalue weighted by atomic mass is 9.98. The summed E-state index contributed by atoms with van der Waals surface area (Å²) in [7, 11) is 0. The van der Waals surface area contributed by atoms with Gasteiger partial charge in [0, 0.05) is 25.2 Å². The van der Waals surface area contributed by atoms with Crippen molar-refractivity contribution < 1.29 is 13.9 Å². The van der Waals surface area contributed by atoms with Gasteiger partial charge in [0.15, 0.2) is 0 Å². The van der Waals surface area contributed by atoms with Gasteiger partial charge in [-0.3, -0.25) is 4.79 Å². The van der Waals surface area contributed by atoms with Crippen molar-refractivity contribution >= 4 is 5.91 Å². The maximum atomic E-state index is 12.9. The van der Waals surface area contributed by atoms with Gasteiger partial charge in [0.05, 0.1) is 6.61 Å². The van der Waals surface area contributed by atoms with Crippen molar-refractivity contribution in [2.24, 2.45) is 5.92 Å². The number of carbonyl (C=O) groups is 1. The number of H-pyrrole nitrogens is 1. The van der Waals surface area contributed by atoms with Gasteiger partial charge in [0.25, 0.3) is 5.91 Å². The molecule has 1 N–H and O–H groups in total. The number of hydrogen-bond donors (Lipinski definition) is 1. The molecule has 1 aromatic heterocycles. The minimum atomic E-state index is -0.271. The molecule has 4 nitrogen and oxygen atoms in total. The zero-order valence-corrected chi connectivity index (χ0v) is 12.3. The number of benzene rings is 1. The molecule has 5 heteroatoms. The van der Waals surface area contributed by atoms with E-state index in [1.54, 1.807) is 24.4 Å². The average molecular weight is 302 g/mol. The largest absolute Gasteiger partial charge is 0.493 e. The Balaban J connectivity index is 1.54. The first kappa shape index (κ1) is 14.6. The molecule has 1 amide bonds. The number of hydrogen-bond acceptors (Lipinski definition) is 2. The molecule has 22 heavy (non-hydrogen) atoms. The third-order valence-corrected chi connectivity index (χ3v) is 3.93. The van der Waals surface area contributed by atoms with E-state index in [2.05, 4.69) is 4.98 Å². The molecular formula is C17H19FN2O2. The molecule has 116 valence electrons. The quantitative estimate of drug-likeness (QED) is 0.943. The summed E-state index contributed by atoms with van der Waals surface area (Å²) in [6, 6.07) is 9.64. The third-order valence-electron chi connectivity index (χ3n) is 3.93. The lowest BCUT2D eigenvalue weighted by Crippen LogP contribution is -2.41.